The molecule has 0 aliphatic carbocycles. The topological polar surface area (TPSA) is 46.5 Å². The number of aromatic amines is 1. The van der Waals surface area contributed by atoms with Crippen molar-refractivity contribution in [2.24, 2.45) is 0 Å². The van der Waals surface area contributed by atoms with Crippen LogP contribution in [0.4, 0.5) is 4.39 Å². The molecule has 0 atom stereocenters. The van der Waals surface area contributed by atoms with Gasteiger partial charge in [-0.15, -0.1) is 0 Å². The zero-order chi connectivity index (χ0) is 18.8. The number of hydrogen-bond acceptors (Lipinski definition) is 3. The van der Waals surface area contributed by atoms with Crippen molar-refractivity contribution in [2.45, 2.75) is 17.8 Å². The van der Waals surface area contributed by atoms with Crippen molar-refractivity contribution in [2.75, 3.05) is 0 Å². The standard InChI is InChI=1S/C20H16ClFN4S/c1-13-2-5-15(22)10-17(13)18-11-25-20(27-12-19-23-8-9-24-19)26(18)16-6-3-14(21)4-7-16/h2-11H,12H2,1H3,(H,23,24). The van der Waals surface area contributed by atoms with E-state index in [0.29, 0.717) is 10.8 Å². The van der Waals surface area contributed by atoms with Crippen molar-refractivity contribution >= 4 is 23.4 Å². The molecule has 0 fully saturated rings. The van der Waals surface area contributed by atoms with Crippen LogP contribution in [0.5, 0.6) is 0 Å². The molecule has 7 heteroatoms. The van der Waals surface area contributed by atoms with Gasteiger partial charge in [0.2, 0.25) is 0 Å². The normalized spacial score (nSPS) is 11.1. The summed E-state index contributed by atoms with van der Waals surface area (Å²) in [5.74, 6) is 1.25. The third-order valence-electron chi connectivity index (χ3n) is 4.18. The molecule has 0 saturated carbocycles. The van der Waals surface area contributed by atoms with Crippen LogP contribution in [-0.2, 0) is 5.75 Å². The molecule has 1 N–H and O–H groups in total. The van der Waals surface area contributed by atoms with Gasteiger partial charge in [-0.3, -0.25) is 4.57 Å². The smallest absolute Gasteiger partial charge is 0.173 e. The number of imidazole rings is 2. The summed E-state index contributed by atoms with van der Waals surface area (Å²) < 4.78 is 15.9. The second kappa shape index (κ2) is 7.58. The lowest BCUT2D eigenvalue weighted by Gasteiger charge is -2.13. The Labute approximate surface area is 165 Å². The van der Waals surface area contributed by atoms with Crippen LogP contribution in [-0.4, -0.2) is 19.5 Å². The molecular weight excluding hydrogens is 383 g/mol. The molecule has 4 nitrogen and oxygen atoms in total. The minimum Gasteiger partial charge on any atom is -0.348 e. The van der Waals surface area contributed by atoms with Crippen LogP contribution < -0.4 is 0 Å². The number of benzene rings is 2. The summed E-state index contributed by atoms with van der Waals surface area (Å²) in [5, 5.41) is 1.46. The fourth-order valence-electron chi connectivity index (χ4n) is 2.85. The van der Waals surface area contributed by atoms with Crippen molar-refractivity contribution in [3.63, 3.8) is 0 Å². The van der Waals surface area contributed by atoms with Crippen LogP contribution in [0.3, 0.4) is 0 Å². The first-order chi connectivity index (χ1) is 13.1. The first kappa shape index (κ1) is 17.8. The van der Waals surface area contributed by atoms with Gasteiger partial charge in [-0.25, -0.2) is 14.4 Å². The third kappa shape index (κ3) is 3.77. The van der Waals surface area contributed by atoms with Crippen LogP contribution in [0.2, 0.25) is 5.02 Å². The molecule has 0 bridgehead atoms. The Bertz CT molecular complexity index is 1060. The van der Waals surface area contributed by atoms with E-state index in [1.54, 1.807) is 42.5 Å². The van der Waals surface area contributed by atoms with Gasteiger partial charge in [0, 0.05) is 28.7 Å². The monoisotopic (exact) mass is 398 g/mol. The number of rotatable bonds is 5. The second-order valence-electron chi connectivity index (χ2n) is 6.02. The van der Waals surface area contributed by atoms with Crippen molar-refractivity contribution in [1.29, 1.82) is 0 Å². The van der Waals surface area contributed by atoms with E-state index in [1.165, 1.54) is 6.07 Å². The molecule has 136 valence electrons. The molecule has 0 radical (unpaired) electrons. The summed E-state index contributed by atoms with van der Waals surface area (Å²) in [5.41, 5.74) is 3.53. The fourth-order valence-corrected chi connectivity index (χ4v) is 3.86. The quantitative estimate of drug-likeness (QED) is 0.441. The lowest BCUT2D eigenvalue weighted by Crippen LogP contribution is -2.00. The predicted octanol–water partition coefficient (Wildman–Crippen LogP) is 5.66. The Morgan fingerprint density at radius 2 is 1.96 bits per heavy atom. The number of nitrogens with one attached hydrogen (secondary N) is 1. The number of halogens is 2. The van der Waals surface area contributed by atoms with Crippen molar-refractivity contribution < 1.29 is 4.39 Å². The van der Waals surface area contributed by atoms with Crippen molar-refractivity contribution in [1.82, 2.24) is 19.5 Å². The van der Waals surface area contributed by atoms with Crippen LogP contribution in [0, 0.1) is 12.7 Å². The lowest BCUT2D eigenvalue weighted by molar-refractivity contribution is 0.627. The fraction of sp³-hybridized carbons (Fsp3) is 0.100. The Balaban J connectivity index is 1.81. The molecule has 2 aromatic carbocycles. The third-order valence-corrected chi connectivity index (χ3v) is 5.40. The Morgan fingerprint density at radius 1 is 1.15 bits per heavy atom. The highest BCUT2D eigenvalue weighted by Crippen LogP contribution is 2.33. The maximum Gasteiger partial charge on any atom is 0.173 e. The molecule has 2 heterocycles. The maximum atomic E-state index is 13.9. The first-order valence-electron chi connectivity index (χ1n) is 8.33. The van der Waals surface area contributed by atoms with E-state index < -0.39 is 0 Å². The van der Waals surface area contributed by atoms with E-state index in [9.17, 15) is 4.39 Å². The van der Waals surface area contributed by atoms with E-state index in [0.717, 1.165) is 33.5 Å². The number of thioether (sulfide) groups is 1. The molecule has 4 rings (SSSR count). The molecule has 2 aromatic heterocycles. The number of aryl methyl sites for hydroxylation is 1. The highest BCUT2D eigenvalue weighted by molar-refractivity contribution is 7.98. The molecule has 0 amide bonds. The highest BCUT2D eigenvalue weighted by Gasteiger charge is 2.16. The summed E-state index contributed by atoms with van der Waals surface area (Å²) in [6.07, 6.45) is 5.30. The largest absolute Gasteiger partial charge is 0.348 e. The predicted molar refractivity (Wildman–Crippen MR) is 107 cm³/mol. The average molecular weight is 399 g/mol. The van der Waals surface area contributed by atoms with E-state index in [1.807, 2.05) is 35.8 Å². The molecule has 27 heavy (non-hydrogen) atoms. The van der Waals surface area contributed by atoms with Gasteiger partial charge in [0.1, 0.15) is 11.6 Å². The van der Waals surface area contributed by atoms with Gasteiger partial charge in [0.05, 0.1) is 17.6 Å². The van der Waals surface area contributed by atoms with E-state index in [4.69, 9.17) is 11.6 Å². The van der Waals surface area contributed by atoms with E-state index in [-0.39, 0.29) is 5.82 Å². The van der Waals surface area contributed by atoms with Gasteiger partial charge in [0.25, 0.3) is 0 Å². The van der Waals surface area contributed by atoms with Crippen LogP contribution in [0.1, 0.15) is 11.4 Å². The Morgan fingerprint density at radius 3 is 2.70 bits per heavy atom. The number of aromatic nitrogens is 4. The maximum absolute atomic E-state index is 13.9. The minimum absolute atomic E-state index is 0.274. The van der Waals surface area contributed by atoms with Crippen LogP contribution in [0.25, 0.3) is 16.9 Å². The highest BCUT2D eigenvalue weighted by atomic mass is 35.5. The second-order valence-corrected chi connectivity index (χ2v) is 7.40. The minimum atomic E-state index is -0.274. The molecule has 0 spiro atoms. The van der Waals surface area contributed by atoms with Crippen LogP contribution >= 0.6 is 23.4 Å². The van der Waals surface area contributed by atoms with Gasteiger partial charge in [0.15, 0.2) is 5.16 Å². The molecule has 0 aliphatic rings. The summed E-state index contributed by atoms with van der Waals surface area (Å²) in [6, 6.07) is 12.3. The number of H-pyrrole nitrogens is 1. The van der Waals surface area contributed by atoms with Gasteiger partial charge in [-0.05, 0) is 48.9 Å². The molecular formula is C20H16ClFN4S. The summed E-state index contributed by atoms with van der Waals surface area (Å²) >= 11 is 7.61. The van der Waals surface area contributed by atoms with Gasteiger partial charge in [-0.2, -0.15) is 0 Å². The molecule has 4 aromatic rings. The van der Waals surface area contributed by atoms with E-state index in [2.05, 4.69) is 15.0 Å². The average Bonchev–Trinajstić information content (AvgIpc) is 3.32. The van der Waals surface area contributed by atoms with Crippen LogP contribution in [0.15, 0.2) is 66.2 Å². The molecule has 0 aliphatic heterocycles. The van der Waals surface area contributed by atoms with Gasteiger partial charge >= 0.3 is 0 Å². The zero-order valence-corrected chi connectivity index (χ0v) is 16.1. The SMILES string of the molecule is Cc1ccc(F)cc1-c1cnc(SCc2ncc[nH]2)n1-c1ccc(Cl)cc1. The molecule has 0 unspecified atom stereocenters. The van der Waals surface area contributed by atoms with Gasteiger partial charge < -0.3 is 4.98 Å². The van der Waals surface area contributed by atoms with Crippen molar-refractivity contribution in [3.05, 3.63) is 83.3 Å². The molecule has 0 saturated heterocycles. The Kier molecular flexibility index (Phi) is 5.01. The lowest BCUT2D eigenvalue weighted by atomic mass is 10.1. The number of nitrogens with zero attached hydrogens (tertiary/aromatic N) is 3. The first-order valence-corrected chi connectivity index (χ1v) is 9.69. The Hall–Kier alpha value is -2.57. The number of hydrogen-bond donors (Lipinski definition) is 1. The van der Waals surface area contributed by atoms with Gasteiger partial charge in [-0.1, -0.05) is 29.4 Å². The summed E-state index contributed by atoms with van der Waals surface area (Å²) in [7, 11) is 0. The summed E-state index contributed by atoms with van der Waals surface area (Å²) in [6.45, 7) is 1.96. The van der Waals surface area contributed by atoms with E-state index >= 15 is 0 Å². The van der Waals surface area contributed by atoms with Crippen molar-refractivity contribution in [3.8, 4) is 16.9 Å². The summed E-state index contributed by atoms with van der Waals surface area (Å²) in [4.78, 5) is 11.9. The zero-order valence-electron chi connectivity index (χ0n) is 14.5.